The van der Waals surface area contributed by atoms with Gasteiger partial charge in [0, 0.05) is 18.5 Å². The second-order valence-corrected chi connectivity index (χ2v) is 5.22. The van der Waals surface area contributed by atoms with E-state index in [9.17, 15) is 5.11 Å². The summed E-state index contributed by atoms with van der Waals surface area (Å²) in [5.41, 5.74) is 7.40. The predicted octanol–water partition coefficient (Wildman–Crippen LogP) is 1.53. The molecule has 1 aliphatic heterocycles. The molecule has 106 valence electrons. The van der Waals surface area contributed by atoms with Crippen molar-refractivity contribution < 1.29 is 14.6 Å². The molecule has 1 heterocycles. The third-order valence-electron chi connectivity index (χ3n) is 4.33. The molecule has 0 bridgehead atoms. The van der Waals surface area contributed by atoms with Crippen LogP contribution in [-0.2, 0) is 5.41 Å². The Morgan fingerprint density at radius 3 is 3.05 bits per heavy atom. The fourth-order valence-electron chi connectivity index (χ4n) is 3.41. The Hall–Kier alpha value is -1.78. The van der Waals surface area contributed by atoms with Crippen molar-refractivity contribution in [2.75, 3.05) is 13.7 Å². The third-order valence-corrected chi connectivity index (χ3v) is 4.33. The lowest BCUT2D eigenvalue weighted by atomic mass is 9.66. The lowest BCUT2D eigenvalue weighted by Gasteiger charge is -2.38. The number of hydrogen-bond donors (Lipinski definition) is 2. The number of benzene rings is 1. The minimum Gasteiger partial charge on any atom is -0.493 e. The van der Waals surface area contributed by atoms with Gasteiger partial charge in [0.1, 0.15) is 6.10 Å². The van der Waals surface area contributed by atoms with Crippen LogP contribution in [0.5, 0.6) is 11.5 Å². The summed E-state index contributed by atoms with van der Waals surface area (Å²) < 4.78 is 11.5. The van der Waals surface area contributed by atoms with Gasteiger partial charge >= 0.3 is 0 Å². The van der Waals surface area contributed by atoms with E-state index in [1.807, 2.05) is 30.4 Å². The second kappa shape index (κ2) is 4.65. The quantitative estimate of drug-likeness (QED) is 0.820. The molecule has 2 aliphatic rings. The highest BCUT2D eigenvalue weighted by Crippen LogP contribution is 2.54. The summed E-state index contributed by atoms with van der Waals surface area (Å²) in [7, 11) is 1.62. The van der Waals surface area contributed by atoms with Crippen LogP contribution in [0, 0.1) is 0 Å². The first-order valence-electron chi connectivity index (χ1n) is 6.74. The summed E-state index contributed by atoms with van der Waals surface area (Å²) in [5.74, 6) is 1.43. The Morgan fingerprint density at radius 1 is 1.60 bits per heavy atom. The number of aliphatic hydroxyl groups is 1. The van der Waals surface area contributed by atoms with Crippen molar-refractivity contribution in [2.24, 2.45) is 5.73 Å². The average Bonchev–Trinajstić information content (AvgIpc) is 2.80. The van der Waals surface area contributed by atoms with Crippen LogP contribution in [0.4, 0.5) is 0 Å². The van der Waals surface area contributed by atoms with E-state index in [0.717, 1.165) is 16.9 Å². The first kappa shape index (κ1) is 13.2. The number of rotatable bonds is 3. The van der Waals surface area contributed by atoms with Crippen molar-refractivity contribution in [1.29, 1.82) is 0 Å². The molecule has 0 aromatic heterocycles. The van der Waals surface area contributed by atoms with E-state index in [2.05, 4.69) is 6.58 Å². The van der Waals surface area contributed by atoms with E-state index in [0.29, 0.717) is 18.7 Å². The van der Waals surface area contributed by atoms with Crippen LogP contribution < -0.4 is 15.2 Å². The van der Waals surface area contributed by atoms with Gasteiger partial charge in [-0.15, -0.1) is 6.58 Å². The number of hydrogen-bond acceptors (Lipinski definition) is 4. The van der Waals surface area contributed by atoms with Crippen LogP contribution in [0.1, 0.15) is 12.0 Å². The Balaban J connectivity index is 2.24. The van der Waals surface area contributed by atoms with Crippen LogP contribution in [-0.4, -0.2) is 31.0 Å². The molecule has 3 N–H and O–H groups in total. The van der Waals surface area contributed by atoms with Gasteiger partial charge in [-0.25, -0.2) is 0 Å². The van der Waals surface area contributed by atoms with Crippen molar-refractivity contribution in [1.82, 2.24) is 0 Å². The van der Waals surface area contributed by atoms with Crippen molar-refractivity contribution in [2.45, 2.75) is 24.0 Å². The Morgan fingerprint density at radius 2 is 2.40 bits per heavy atom. The lowest BCUT2D eigenvalue weighted by Crippen LogP contribution is -2.45. The third kappa shape index (κ3) is 1.55. The molecule has 1 aliphatic carbocycles. The van der Waals surface area contributed by atoms with E-state index >= 15 is 0 Å². The van der Waals surface area contributed by atoms with Gasteiger partial charge in [-0.3, -0.25) is 0 Å². The molecule has 0 spiro atoms. The smallest absolute Gasteiger partial charge is 0.166 e. The summed E-state index contributed by atoms with van der Waals surface area (Å²) in [4.78, 5) is 0. The van der Waals surface area contributed by atoms with Crippen molar-refractivity contribution in [3.63, 3.8) is 0 Å². The Bertz CT molecular complexity index is 581. The van der Waals surface area contributed by atoms with Gasteiger partial charge in [-0.05, 0) is 11.6 Å². The zero-order chi connectivity index (χ0) is 14.3. The SMILES string of the molecule is C=CC12C(CN)=CC(O)CC1Oc1c(OC)cccc12. The monoisotopic (exact) mass is 273 g/mol. The summed E-state index contributed by atoms with van der Waals surface area (Å²) in [6.07, 6.45) is 3.51. The van der Waals surface area contributed by atoms with E-state index in [4.69, 9.17) is 15.2 Å². The van der Waals surface area contributed by atoms with Crippen LogP contribution in [0.3, 0.4) is 0 Å². The van der Waals surface area contributed by atoms with Gasteiger partial charge in [-0.1, -0.05) is 24.3 Å². The summed E-state index contributed by atoms with van der Waals surface area (Å²) in [6.45, 7) is 4.36. The maximum absolute atomic E-state index is 10.00. The topological polar surface area (TPSA) is 64.7 Å². The van der Waals surface area contributed by atoms with E-state index < -0.39 is 11.5 Å². The van der Waals surface area contributed by atoms with Crippen LogP contribution in [0.2, 0.25) is 0 Å². The molecule has 3 rings (SSSR count). The molecule has 0 radical (unpaired) electrons. The molecule has 0 saturated heterocycles. The van der Waals surface area contributed by atoms with Gasteiger partial charge < -0.3 is 20.3 Å². The maximum Gasteiger partial charge on any atom is 0.166 e. The number of methoxy groups -OCH3 is 1. The molecular weight excluding hydrogens is 254 g/mol. The first-order chi connectivity index (χ1) is 9.67. The van der Waals surface area contributed by atoms with Gasteiger partial charge in [-0.2, -0.15) is 0 Å². The maximum atomic E-state index is 10.00. The highest BCUT2D eigenvalue weighted by atomic mass is 16.5. The Labute approximate surface area is 118 Å². The summed E-state index contributed by atoms with van der Waals surface area (Å²) in [6, 6.07) is 5.82. The minimum atomic E-state index is -0.535. The lowest BCUT2D eigenvalue weighted by molar-refractivity contribution is 0.0956. The van der Waals surface area contributed by atoms with E-state index in [-0.39, 0.29) is 6.10 Å². The van der Waals surface area contributed by atoms with Crippen LogP contribution in [0.15, 0.2) is 42.5 Å². The molecule has 3 unspecified atom stereocenters. The molecule has 0 saturated carbocycles. The highest BCUT2D eigenvalue weighted by Gasteiger charge is 2.52. The van der Waals surface area contributed by atoms with Gasteiger partial charge in [0.05, 0.1) is 18.6 Å². The van der Waals surface area contributed by atoms with Crippen LogP contribution >= 0.6 is 0 Å². The summed E-state index contributed by atoms with van der Waals surface area (Å²) >= 11 is 0. The molecule has 0 amide bonds. The largest absolute Gasteiger partial charge is 0.493 e. The predicted molar refractivity (Wildman–Crippen MR) is 77.0 cm³/mol. The van der Waals surface area contributed by atoms with E-state index in [1.54, 1.807) is 7.11 Å². The number of ether oxygens (including phenoxy) is 2. The average molecular weight is 273 g/mol. The number of aliphatic hydroxyl groups excluding tert-OH is 1. The molecule has 0 fully saturated rings. The highest BCUT2D eigenvalue weighted by molar-refractivity contribution is 5.61. The molecule has 1 aromatic carbocycles. The number of para-hydroxylation sites is 1. The fraction of sp³-hybridized carbons (Fsp3) is 0.375. The first-order valence-corrected chi connectivity index (χ1v) is 6.74. The van der Waals surface area contributed by atoms with Crippen LogP contribution in [0.25, 0.3) is 0 Å². The molecule has 3 atom stereocenters. The molecule has 4 nitrogen and oxygen atoms in total. The molecule has 1 aromatic rings. The van der Waals surface area contributed by atoms with Gasteiger partial charge in [0.15, 0.2) is 11.5 Å². The second-order valence-electron chi connectivity index (χ2n) is 5.22. The van der Waals surface area contributed by atoms with Crippen molar-refractivity contribution >= 4 is 0 Å². The summed E-state index contributed by atoms with van der Waals surface area (Å²) in [5, 5.41) is 10.00. The standard InChI is InChI=1S/C16H19NO3/c1-3-16-10(9-17)7-11(18)8-14(16)20-15-12(16)5-4-6-13(15)19-2/h3-7,11,14,18H,1,8-9,17H2,2H3. The molecule has 20 heavy (non-hydrogen) atoms. The minimum absolute atomic E-state index is 0.190. The van der Waals surface area contributed by atoms with Gasteiger partial charge in [0.2, 0.25) is 0 Å². The Kier molecular flexibility index (Phi) is 3.07. The number of fused-ring (bicyclic) bond motifs is 3. The molecular formula is C16H19NO3. The van der Waals surface area contributed by atoms with E-state index in [1.165, 1.54) is 0 Å². The van der Waals surface area contributed by atoms with Crippen molar-refractivity contribution in [3.8, 4) is 11.5 Å². The zero-order valence-electron chi connectivity index (χ0n) is 11.5. The van der Waals surface area contributed by atoms with Gasteiger partial charge in [0.25, 0.3) is 0 Å². The number of nitrogens with two attached hydrogens (primary N) is 1. The fourth-order valence-corrected chi connectivity index (χ4v) is 3.41. The normalized spacial score (nSPS) is 30.9. The zero-order valence-corrected chi connectivity index (χ0v) is 11.5. The molecule has 4 heteroatoms. The van der Waals surface area contributed by atoms with Crippen molar-refractivity contribution in [3.05, 3.63) is 48.1 Å².